The first-order chi connectivity index (χ1) is 10.7. The fraction of sp³-hybridized carbons (Fsp3) is 0.368. The largest absolute Gasteiger partial charge is 0.326 e. The molecule has 1 amide bonds. The second-order valence-electron chi connectivity index (χ2n) is 6.15. The highest BCUT2D eigenvalue weighted by Gasteiger charge is 2.18. The normalized spacial score (nSPS) is 14.4. The van der Waals surface area contributed by atoms with Gasteiger partial charge in [-0.05, 0) is 54.7 Å². The van der Waals surface area contributed by atoms with Gasteiger partial charge >= 0.3 is 0 Å². The summed E-state index contributed by atoms with van der Waals surface area (Å²) in [4.78, 5) is 16.1. The van der Waals surface area contributed by atoms with Crippen LogP contribution in [0.4, 0.5) is 5.69 Å². The number of carbonyl (C=O) groups is 1. The second-order valence-corrected chi connectivity index (χ2v) is 6.15. The Morgan fingerprint density at radius 2 is 1.95 bits per heavy atom. The summed E-state index contributed by atoms with van der Waals surface area (Å²) >= 11 is 0. The third kappa shape index (κ3) is 3.73. The first-order valence-corrected chi connectivity index (χ1v) is 8.03. The number of benzene rings is 1. The molecule has 0 unspecified atom stereocenters. The summed E-state index contributed by atoms with van der Waals surface area (Å²) in [6.07, 6.45) is 7.42. The lowest BCUT2D eigenvalue weighted by Crippen LogP contribution is -2.16. The minimum atomic E-state index is 0.124. The lowest BCUT2D eigenvalue weighted by molar-refractivity contribution is -0.116. The highest BCUT2D eigenvalue weighted by Crippen LogP contribution is 2.30. The zero-order chi connectivity index (χ0) is 15.4. The highest BCUT2D eigenvalue weighted by molar-refractivity contribution is 5.91. The number of hydrogen-bond donors (Lipinski definition) is 1. The molecular weight excluding hydrogens is 272 g/mol. The molecule has 1 fully saturated rings. The Morgan fingerprint density at radius 3 is 2.59 bits per heavy atom. The number of rotatable bonds is 5. The molecule has 1 saturated carbocycles. The Bertz CT molecular complexity index is 645. The van der Waals surface area contributed by atoms with Gasteiger partial charge in [0.25, 0.3) is 0 Å². The zero-order valence-electron chi connectivity index (χ0n) is 13.0. The predicted octanol–water partition coefficient (Wildman–Crippen LogP) is 4.58. The lowest BCUT2D eigenvalue weighted by atomic mass is 9.82. The molecule has 1 aliphatic rings. The average Bonchev–Trinajstić information content (AvgIpc) is 2.46. The summed E-state index contributed by atoms with van der Waals surface area (Å²) in [5.74, 6) is 0.905. The maximum absolute atomic E-state index is 11.9. The molecule has 2 aromatic rings. The third-order valence-corrected chi connectivity index (χ3v) is 4.40. The van der Waals surface area contributed by atoms with Crippen molar-refractivity contribution in [3.05, 3.63) is 48.3 Å². The lowest BCUT2D eigenvalue weighted by Gasteiger charge is -2.24. The van der Waals surface area contributed by atoms with E-state index in [0.29, 0.717) is 6.42 Å². The van der Waals surface area contributed by atoms with E-state index in [1.54, 1.807) is 0 Å². The molecule has 0 aliphatic heterocycles. The van der Waals surface area contributed by atoms with Crippen molar-refractivity contribution < 1.29 is 4.79 Å². The Kier molecular flexibility index (Phi) is 4.52. The summed E-state index contributed by atoms with van der Waals surface area (Å²) in [6.45, 7) is 1.99. The predicted molar refractivity (Wildman–Crippen MR) is 89.6 cm³/mol. The van der Waals surface area contributed by atoms with Gasteiger partial charge in [0, 0.05) is 24.0 Å². The van der Waals surface area contributed by atoms with Gasteiger partial charge in [-0.3, -0.25) is 9.78 Å². The van der Waals surface area contributed by atoms with Crippen LogP contribution in [0.5, 0.6) is 0 Å². The third-order valence-electron chi connectivity index (χ3n) is 4.40. The molecule has 0 bridgehead atoms. The van der Waals surface area contributed by atoms with Crippen LogP contribution in [0.3, 0.4) is 0 Å². The first-order valence-electron chi connectivity index (χ1n) is 8.03. The molecule has 3 rings (SSSR count). The maximum Gasteiger partial charge on any atom is 0.224 e. The molecule has 0 radical (unpaired) electrons. The van der Waals surface area contributed by atoms with Crippen molar-refractivity contribution >= 4 is 11.6 Å². The SMILES string of the molecule is Cc1cc(-c2ccc(NC(=O)CCC3CCC3)cc2)ccn1. The molecule has 0 saturated heterocycles. The number of hydrogen-bond acceptors (Lipinski definition) is 2. The monoisotopic (exact) mass is 294 g/mol. The van der Waals surface area contributed by atoms with E-state index >= 15 is 0 Å². The summed E-state index contributed by atoms with van der Waals surface area (Å²) in [6, 6.07) is 12.1. The molecule has 3 nitrogen and oxygen atoms in total. The van der Waals surface area contributed by atoms with Gasteiger partial charge in [0.1, 0.15) is 0 Å². The molecule has 3 heteroatoms. The number of aryl methyl sites for hydroxylation is 1. The summed E-state index contributed by atoms with van der Waals surface area (Å²) in [5, 5.41) is 2.98. The van der Waals surface area contributed by atoms with Crippen LogP contribution in [0.15, 0.2) is 42.6 Å². The summed E-state index contributed by atoms with van der Waals surface area (Å²) < 4.78 is 0. The number of carbonyl (C=O) groups excluding carboxylic acids is 1. The Morgan fingerprint density at radius 1 is 1.18 bits per heavy atom. The summed E-state index contributed by atoms with van der Waals surface area (Å²) in [5.41, 5.74) is 4.16. The molecule has 114 valence electrons. The van der Waals surface area contributed by atoms with Gasteiger partial charge in [-0.25, -0.2) is 0 Å². The first kappa shape index (κ1) is 14.8. The number of pyridine rings is 1. The number of anilines is 1. The quantitative estimate of drug-likeness (QED) is 0.877. The van der Waals surface area contributed by atoms with Gasteiger partial charge in [0.2, 0.25) is 5.91 Å². The molecular formula is C19H22N2O. The van der Waals surface area contributed by atoms with Crippen LogP contribution in [0, 0.1) is 12.8 Å². The van der Waals surface area contributed by atoms with Gasteiger partial charge in [-0.1, -0.05) is 31.4 Å². The fourth-order valence-corrected chi connectivity index (χ4v) is 2.81. The van der Waals surface area contributed by atoms with E-state index in [-0.39, 0.29) is 5.91 Å². The summed E-state index contributed by atoms with van der Waals surface area (Å²) in [7, 11) is 0. The smallest absolute Gasteiger partial charge is 0.224 e. The van der Waals surface area contributed by atoms with Crippen molar-refractivity contribution in [2.75, 3.05) is 5.32 Å². The molecule has 1 heterocycles. The number of amides is 1. The van der Waals surface area contributed by atoms with E-state index in [2.05, 4.69) is 16.4 Å². The zero-order valence-corrected chi connectivity index (χ0v) is 13.0. The van der Waals surface area contributed by atoms with Crippen LogP contribution >= 0.6 is 0 Å². The van der Waals surface area contributed by atoms with E-state index in [0.717, 1.165) is 34.8 Å². The van der Waals surface area contributed by atoms with Crippen molar-refractivity contribution in [3.8, 4) is 11.1 Å². The molecule has 0 atom stereocenters. The molecule has 0 spiro atoms. The van der Waals surface area contributed by atoms with Gasteiger partial charge in [-0.15, -0.1) is 0 Å². The minimum absolute atomic E-state index is 0.124. The van der Waals surface area contributed by atoms with Crippen molar-refractivity contribution in [1.82, 2.24) is 4.98 Å². The molecule has 1 aliphatic carbocycles. The second kappa shape index (κ2) is 6.73. The number of nitrogens with zero attached hydrogens (tertiary/aromatic N) is 1. The van der Waals surface area contributed by atoms with E-state index in [1.807, 2.05) is 43.5 Å². The molecule has 1 aromatic carbocycles. The Balaban J connectivity index is 1.57. The van der Waals surface area contributed by atoms with Crippen molar-refractivity contribution in [1.29, 1.82) is 0 Å². The van der Waals surface area contributed by atoms with Crippen LogP contribution in [-0.4, -0.2) is 10.9 Å². The van der Waals surface area contributed by atoms with Gasteiger partial charge in [0.15, 0.2) is 0 Å². The van der Waals surface area contributed by atoms with Gasteiger partial charge < -0.3 is 5.32 Å². The van der Waals surface area contributed by atoms with E-state index in [1.165, 1.54) is 19.3 Å². The van der Waals surface area contributed by atoms with Crippen LogP contribution in [0.25, 0.3) is 11.1 Å². The van der Waals surface area contributed by atoms with Crippen LogP contribution < -0.4 is 5.32 Å². The van der Waals surface area contributed by atoms with Crippen molar-refractivity contribution in [2.45, 2.75) is 39.0 Å². The molecule has 22 heavy (non-hydrogen) atoms. The van der Waals surface area contributed by atoms with E-state index in [9.17, 15) is 4.79 Å². The highest BCUT2D eigenvalue weighted by atomic mass is 16.1. The average molecular weight is 294 g/mol. The van der Waals surface area contributed by atoms with Gasteiger partial charge in [-0.2, -0.15) is 0 Å². The molecule has 1 N–H and O–H groups in total. The van der Waals surface area contributed by atoms with E-state index in [4.69, 9.17) is 0 Å². The minimum Gasteiger partial charge on any atom is -0.326 e. The number of nitrogens with one attached hydrogen (secondary N) is 1. The van der Waals surface area contributed by atoms with E-state index < -0.39 is 0 Å². The molecule has 1 aromatic heterocycles. The number of aromatic nitrogens is 1. The van der Waals surface area contributed by atoms with Crippen molar-refractivity contribution in [3.63, 3.8) is 0 Å². The standard InChI is InChI=1S/C19H22N2O/c1-14-13-17(11-12-20-14)16-6-8-18(9-7-16)21-19(22)10-5-15-3-2-4-15/h6-9,11-13,15H,2-5,10H2,1H3,(H,21,22). The topological polar surface area (TPSA) is 42.0 Å². The van der Waals surface area contributed by atoms with Crippen molar-refractivity contribution in [2.24, 2.45) is 5.92 Å². The maximum atomic E-state index is 11.9. The fourth-order valence-electron chi connectivity index (χ4n) is 2.81. The van der Waals surface area contributed by atoms with Crippen LogP contribution in [-0.2, 0) is 4.79 Å². The van der Waals surface area contributed by atoms with Gasteiger partial charge in [0.05, 0.1) is 0 Å². The van der Waals surface area contributed by atoms with Crippen LogP contribution in [0.1, 0.15) is 37.8 Å². The Hall–Kier alpha value is -2.16. The van der Waals surface area contributed by atoms with Crippen LogP contribution in [0.2, 0.25) is 0 Å². The Labute approximate surface area is 131 Å².